The lowest BCUT2D eigenvalue weighted by Crippen LogP contribution is -2.42. The van der Waals surface area contributed by atoms with E-state index in [4.69, 9.17) is 5.11 Å². The van der Waals surface area contributed by atoms with Gasteiger partial charge >= 0.3 is 0 Å². The zero-order valence-corrected chi connectivity index (χ0v) is 6.72. The summed E-state index contributed by atoms with van der Waals surface area (Å²) in [5.41, 5.74) is -0.0737. The number of amides is 1. The highest BCUT2D eigenvalue weighted by atomic mass is 16.3. The Balaban J connectivity index is 3.92. The lowest BCUT2D eigenvalue weighted by atomic mass is 9.87. The van der Waals surface area contributed by atoms with Gasteiger partial charge in [0.25, 0.3) is 0 Å². The zero-order valence-electron chi connectivity index (χ0n) is 6.72. The van der Waals surface area contributed by atoms with Crippen LogP contribution in [0.2, 0.25) is 0 Å². The molecule has 0 aromatic carbocycles. The molecular weight excluding hydrogens is 130 g/mol. The monoisotopic (exact) mass is 145 g/mol. The Kier molecular flexibility index (Phi) is 3.36. The normalized spacial score (nSPS) is 14.4. The summed E-state index contributed by atoms with van der Waals surface area (Å²) in [6.45, 7) is 5.88. The minimum Gasteiger partial charge on any atom is -0.394 e. The fraction of sp³-hybridized carbons (Fsp3) is 0.857. The fourth-order valence-corrected chi connectivity index (χ4v) is 0.659. The van der Waals surface area contributed by atoms with E-state index in [-0.39, 0.29) is 18.1 Å². The predicted molar refractivity (Wildman–Crippen MR) is 39.5 cm³/mol. The number of aliphatic hydroxyl groups excluding tert-OH is 1. The molecule has 0 heterocycles. The van der Waals surface area contributed by atoms with Crippen molar-refractivity contribution in [2.24, 2.45) is 5.41 Å². The van der Waals surface area contributed by atoms with E-state index in [0.717, 1.165) is 0 Å². The summed E-state index contributed by atoms with van der Waals surface area (Å²) in [5, 5.41) is 11.3. The van der Waals surface area contributed by atoms with Crippen LogP contribution in [-0.4, -0.2) is 24.2 Å². The Bertz CT molecular complexity index is 107. The van der Waals surface area contributed by atoms with Crippen LogP contribution in [0.25, 0.3) is 0 Å². The van der Waals surface area contributed by atoms with Gasteiger partial charge in [-0.15, -0.1) is 0 Å². The maximum absolute atomic E-state index is 10.00. The Morgan fingerprint density at radius 2 is 2.10 bits per heavy atom. The van der Waals surface area contributed by atoms with E-state index < -0.39 is 0 Å². The predicted octanol–water partition coefficient (Wildman–Crippen LogP) is 0.139. The van der Waals surface area contributed by atoms with Crippen LogP contribution in [0.5, 0.6) is 0 Å². The van der Waals surface area contributed by atoms with Gasteiger partial charge in [-0.1, -0.05) is 20.8 Å². The van der Waals surface area contributed by atoms with Crippen molar-refractivity contribution in [3.05, 3.63) is 0 Å². The Morgan fingerprint density at radius 1 is 1.60 bits per heavy atom. The molecule has 0 saturated heterocycles. The summed E-state index contributed by atoms with van der Waals surface area (Å²) in [7, 11) is 0. The minimum atomic E-state index is -0.148. The molecule has 10 heavy (non-hydrogen) atoms. The van der Waals surface area contributed by atoms with Crippen LogP contribution in [0.15, 0.2) is 0 Å². The Hall–Kier alpha value is -0.570. The molecule has 60 valence electrons. The van der Waals surface area contributed by atoms with Crippen molar-refractivity contribution in [1.82, 2.24) is 5.32 Å². The van der Waals surface area contributed by atoms with Crippen LogP contribution in [0.1, 0.15) is 20.8 Å². The maximum Gasteiger partial charge on any atom is 0.207 e. The van der Waals surface area contributed by atoms with Gasteiger partial charge < -0.3 is 10.4 Å². The van der Waals surface area contributed by atoms with Crippen LogP contribution in [0.3, 0.4) is 0 Å². The third-order valence-electron chi connectivity index (χ3n) is 1.50. The summed E-state index contributed by atoms with van der Waals surface area (Å²) >= 11 is 0. The number of carbonyl (C=O) groups is 1. The molecule has 0 aromatic rings. The quantitative estimate of drug-likeness (QED) is 0.555. The molecule has 2 N–H and O–H groups in total. The summed E-state index contributed by atoms with van der Waals surface area (Å²) in [4.78, 5) is 10.00. The molecule has 1 atom stereocenters. The van der Waals surface area contributed by atoms with Crippen molar-refractivity contribution < 1.29 is 9.90 Å². The lowest BCUT2D eigenvalue weighted by molar-refractivity contribution is -0.111. The van der Waals surface area contributed by atoms with Gasteiger partial charge in [0.05, 0.1) is 12.6 Å². The largest absolute Gasteiger partial charge is 0.394 e. The van der Waals surface area contributed by atoms with Crippen molar-refractivity contribution in [2.75, 3.05) is 6.61 Å². The van der Waals surface area contributed by atoms with E-state index in [1.54, 1.807) is 0 Å². The van der Waals surface area contributed by atoms with Crippen molar-refractivity contribution in [2.45, 2.75) is 26.8 Å². The van der Waals surface area contributed by atoms with Gasteiger partial charge in [0.15, 0.2) is 0 Å². The second-order valence-corrected chi connectivity index (χ2v) is 3.39. The average molecular weight is 145 g/mol. The molecule has 0 fully saturated rings. The van der Waals surface area contributed by atoms with E-state index in [2.05, 4.69) is 5.32 Å². The molecular formula is C7H15NO2. The molecule has 1 amide bonds. The molecule has 0 saturated carbocycles. The topological polar surface area (TPSA) is 49.3 Å². The van der Waals surface area contributed by atoms with Gasteiger partial charge in [-0.05, 0) is 5.41 Å². The second-order valence-electron chi connectivity index (χ2n) is 3.39. The Morgan fingerprint density at radius 3 is 2.20 bits per heavy atom. The molecule has 0 aliphatic heterocycles. The van der Waals surface area contributed by atoms with Crippen LogP contribution in [0, 0.1) is 5.41 Å². The zero-order chi connectivity index (χ0) is 8.20. The first-order valence-corrected chi connectivity index (χ1v) is 3.33. The van der Waals surface area contributed by atoms with Gasteiger partial charge in [-0.3, -0.25) is 4.79 Å². The third-order valence-corrected chi connectivity index (χ3v) is 1.50. The molecule has 3 nitrogen and oxygen atoms in total. The highest BCUT2D eigenvalue weighted by Crippen LogP contribution is 2.17. The van der Waals surface area contributed by atoms with Crippen molar-refractivity contribution in [3.8, 4) is 0 Å². The molecule has 0 radical (unpaired) electrons. The van der Waals surface area contributed by atoms with Gasteiger partial charge in [0, 0.05) is 0 Å². The molecule has 0 aliphatic rings. The van der Waals surface area contributed by atoms with Gasteiger partial charge in [-0.25, -0.2) is 0 Å². The summed E-state index contributed by atoms with van der Waals surface area (Å²) in [5.74, 6) is 0. The first-order chi connectivity index (χ1) is 4.52. The van der Waals surface area contributed by atoms with E-state index >= 15 is 0 Å². The summed E-state index contributed by atoms with van der Waals surface area (Å²) in [6, 6.07) is -0.148. The van der Waals surface area contributed by atoms with E-state index in [1.165, 1.54) is 0 Å². The smallest absolute Gasteiger partial charge is 0.207 e. The van der Waals surface area contributed by atoms with E-state index in [1.807, 2.05) is 20.8 Å². The third kappa shape index (κ3) is 2.82. The van der Waals surface area contributed by atoms with Gasteiger partial charge in [0.1, 0.15) is 0 Å². The first-order valence-electron chi connectivity index (χ1n) is 3.33. The average Bonchev–Trinajstić information content (AvgIpc) is 1.80. The second kappa shape index (κ2) is 3.56. The molecule has 3 heteroatoms. The van der Waals surface area contributed by atoms with Crippen LogP contribution in [-0.2, 0) is 4.79 Å². The first kappa shape index (κ1) is 9.43. The molecule has 0 aromatic heterocycles. The number of rotatable bonds is 3. The Labute approximate surface area is 61.4 Å². The molecule has 0 aliphatic carbocycles. The fourth-order valence-electron chi connectivity index (χ4n) is 0.659. The molecule has 0 unspecified atom stereocenters. The lowest BCUT2D eigenvalue weighted by Gasteiger charge is -2.27. The number of aliphatic hydroxyl groups is 1. The SMILES string of the molecule is CC(C)(C)[C@@H](CO)NC=O. The standard InChI is InChI=1S/C7H15NO2/c1-7(2,3)6(4-9)8-5-10/h5-6,9H,4H2,1-3H3,(H,8,10)/t6-/m1/s1. The van der Waals surface area contributed by atoms with Crippen LogP contribution < -0.4 is 5.32 Å². The summed E-state index contributed by atoms with van der Waals surface area (Å²) < 4.78 is 0. The van der Waals surface area contributed by atoms with Gasteiger partial charge in [-0.2, -0.15) is 0 Å². The van der Waals surface area contributed by atoms with Crippen molar-refractivity contribution in [1.29, 1.82) is 0 Å². The maximum atomic E-state index is 10.00. The van der Waals surface area contributed by atoms with Gasteiger partial charge in [0.2, 0.25) is 6.41 Å². The number of hydrogen-bond acceptors (Lipinski definition) is 2. The van der Waals surface area contributed by atoms with E-state index in [0.29, 0.717) is 6.41 Å². The molecule has 0 spiro atoms. The molecule has 0 rings (SSSR count). The number of hydrogen-bond donors (Lipinski definition) is 2. The van der Waals surface area contributed by atoms with Crippen LogP contribution in [0.4, 0.5) is 0 Å². The van der Waals surface area contributed by atoms with Crippen molar-refractivity contribution >= 4 is 6.41 Å². The number of carbonyl (C=O) groups excluding carboxylic acids is 1. The van der Waals surface area contributed by atoms with Crippen LogP contribution >= 0.6 is 0 Å². The highest BCUT2D eigenvalue weighted by Gasteiger charge is 2.22. The minimum absolute atomic E-state index is 0.0117. The van der Waals surface area contributed by atoms with Crippen molar-refractivity contribution in [3.63, 3.8) is 0 Å². The highest BCUT2D eigenvalue weighted by molar-refractivity contribution is 5.46. The number of nitrogens with one attached hydrogen (secondary N) is 1. The van der Waals surface area contributed by atoms with E-state index in [9.17, 15) is 4.79 Å². The summed E-state index contributed by atoms with van der Waals surface area (Å²) in [6.07, 6.45) is 0.617. The molecule has 0 bridgehead atoms.